The van der Waals surface area contributed by atoms with Gasteiger partial charge in [-0.1, -0.05) is 121 Å². The van der Waals surface area contributed by atoms with E-state index in [1.807, 2.05) is 6.08 Å². The summed E-state index contributed by atoms with van der Waals surface area (Å²) < 4.78 is 2.51. The fourth-order valence-electron chi connectivity index (χ4n) is 9.19. The molecule has 0 amide bonds. The maximum Gasteiger partial charge on any atom is 0.131 e. The highest BCUT2D eigenvalue weighted by Crippen LogP contribution is 2.44. The Labute approximate surface area is 310 Å². The van der Waals surface area contributed by atoms with Gasteiger partial charge in [0, 0.05) is 48.0 Å². The first kappa shape index (κ1) is 31.5. The van der Waals surface area contributed by atoms with Crippen LogP contribution in [-0.2, 0) is 6.42 Å². The van der Waals surface area contributed by atoms with Gasteiger partial charge in [0.25, 0.3) is 0 Å². The molecule has 0 bridgehead atoms. The van der Waals surface area contributed by atoms with Crippen LogP contribution in [0, 0.1) is 0 Å². The molecule has 4 unspecified atom stereocenters. The third-order valence-electron chi connectivity index (χ3n) is 11.7. The van der Waals surface area contributed by atoms with Crippen molar-refractivity contribution in [3.63, 3.8) is 0 Å². The van der Waals surface area contributed by atoms with Crippen molar-refractivity contribution < 1.29 is 0 Å². The van der Waals surface area contributed by atoms with Crippen molar-refractivity contribution in [1.29, 1.82) is 0 Å². The largest absolute Gasteiger partial charge is 0.351 e. The van der Waals surface area contributed by atoms with Gasteiger partial charge in [0.15, 0.2) is 0 Å². The molecule has 10 rings (SSSR count). The SMILES string of the molecule is C=CC1C(/C=C\C)N=C(c2ccc3c(c2)Cc2cccc4c5ccccc5n(c24)-c2ccccc2-c2cc(C4=NC5C=CC=CC5N4C)ccc2-3)N1C. The predicted molar refractivity (Wildman–Crippen MR) is 222 cm³/mol. The number of likely N-dealkylation sites (N-methyl/N-ethyl adjacent to an activating group) is 2. The molecule has 0 saturated heterocycles. The maximum absolute atomic E-state index is 5.24. The van der Waals surface area contributed by atoms with Gasteiger partial charge in [0.2, 0.25) is 0 Å². The molecule has 4 aliphatic rings. The van der Waals surface area contributed by atoms with Gasteiger partial charge in [-0.05, 0) is 59.0 Å². The van der Waals surface area contributed by atoms with Crippen molar-refractivity contribution >= 4 is 33.5 Å². The molecule has 1 aliphatic carbocycles. The predicted octanol–water partition coefficient (Wildman–Crippen LogP) is 9.77. The second-order valence-electron chi connectivity index (χ2n) is 14.6. The number of hydrogen-bond acceptors (Lipinski definition) is 4. The molecule has 258 valence electrons. The van der Waals surface area contributed by atoms with Crippen LogP contribution in [0.25, 0.3) is 49.7 Å². The van der Waals surface area contributed by atoms with Gasteiger partial charge in [0.05, 0.1) is 40.9 Å². The molecule has 0 radical (unpaired) electrons. The highest BCUT2D eigenvalue weighted by Gasteiger charge is 2.34. The van der Waals surface area contributed by atoms with Crippen molar-refractivity contribution in [2.24, 2.45) is 9.98 Å². The molecule has 53 heavy (non-hydrogen) atoms. The number of rotatable bonds is 4. The summed E-state index contributed by atoms with van der Waals surface area (Å²) in [6, 6.07) is 39.1. The molecule has 0 N–H and O–H groups in total. The van der Waals surface area contributed by atoms with Gasteiger partial charge >= 0.3 is 0 Å². The Morgan fingerprint density at radius 1 is 0.679 bits per heavy atom. The van der Waals surface area contributed by atoms with Crippen molar-refractivity contribution in [2.75, 3.05) is 14.1 Å². The van der Waals surface area contributed by atoms with Crippen LogP contribution in [-0.4, -0.2) is 64.3 Å². The second kappa shape index (κ2) is 12.2. The summed E-state index contributed by atoms with van der Waals surface area (Å²) in [5.41, 5.74) is 13.3. The van der Waals surface area contributed by atoms with Gasteiger partial charge in [-0.3, -0.25) is 9.98 Å². The van der Waals surface area contributed by atoms with Crippen LogP contribution in [0.4, 0.5) is 0 Å². The van der Waals surface area contributed by atoms with Gasteiger partial charge < -0.3 is 14.4 Å². The molecule has 4 heterocycles. The summed E-state index contributed by atoms with van der Waals surface area (Å²) in [5.74, 6) is 2.02. The molecule has 4 atom stereocenters. The lowest BCUT2D eigenvalue weighted by Gasteiger charge is -2.26. The number of hydrogen-bond donors (Lipinski definition) is 0. The number of aromatic nitrogens is 1. The summed E-state index contributed by atoms with van der Waals surface area (Å²) in [5, 5.41) is 2.54. The van der Waals surface area contributed by atoms with Crippen LogP contribution in [0.5, 0.6) is 0 Å². The van der Waals surface area contributed by atoms with E-state index in [1.54, 1.807) is 0 Å². The van der Waals surface area contributed by atoms with Gasteiger partial charge in [0.1, 0.15) is 11.7 Å². The van der Waals surface area contributed by atoms with E-state index in [-0.39, 0.29) is 24.2 Å². The monoisotopic (exact) mass is 687 g/mol. The number of para-hydroxylation sites is 3. The summed E-state index contributed by atoms with van der Waals surface area (Å²) in [4.78, 5) is 15.1. The lowest BCUT2D eigenvalue weighted by Crippen LogP contribution is -2.35. The Balaban J connectivity index is 1.26. The van der Waals surface area contributed by atoms with E-state index in [1.165, 1.54) is 60.9 Å². The molecule has 5 aromatic carbocycles. The molecule has 5 heteroatoms. The molecule has 0 spiro atoms. The Morgan fingerprint density at radius 3 is 2.28 bits per heavy atom. The smallest absolute Gasteiger partial charge is 0.131 e. The Morgan fingerprint density at radius 2 is 1.43 bits per heavy atom. The normalized spacial score (nSPS) is 21.4. The first-order valence-electron chi connectivity index (χ1n) is 18.6. The second-order valence-corrected chi connectivity index (χ2v) is 14.6. The molecular weight excluding hydrogens is 647 g/mol. The number of amidine groups is 2. The van der Waals surface area contributed by atoms with Crippen LogP contribution in [0.3, 0.4) is 0 Å². The highest BCUT2D eigenvalue weighted by atomic mass is 15.3. The zero-order valence-electron chi connectivity index (χ0n) is 30.3. The first-order valence-corrected chi connectivity index (χ1v) is 18.6. The van der Waals surface area contributed by atoms with Crippen LogP contribution in [0.2, 0.25) is 0 Å². The molecule has 0 fully saturated rings. The molecule has 6 aromatic rings. The highest BCUT2D eigenvalue weighted by molar-refractivity contribution is 6.12. The average molecular weight is 688 g/mol. The summed E-state index contributed by atoms with van der Waals surface area (Å²) in [7, 11) is 4.31. The first-order chi connectivity index (χ1) is 26.0. The minimum Gasteiger partial charge on any atom is -0.351 e. The van der Waals surface area contributed by atoms with Crippen LogP contribution >= 0.6 is 0 Å². The van der Waals surface area contributed by atoms with E-state index in [2.05, 4.69) is 182 Å². The Hall–Kier alpha value is -6.20. The van der Waals surface area contributed by atoms with E-state index >= 15 is 0 Å². The number of fused-ring (bicyclic) bond motifs is 10. The molecule has 5 nitrogen and oxygen atoms in total. The quantitative estimate of drug-likeness (QED) is 0.173. The van der Waals surface area contributed by atoms with Crippen LogP contribution < -0.4 is 0 Å². The third kappa shape index (κ3) is 4.76. The fraction of sp³-hybridized carbons (Fsp3) is 0.167. The van der Waals surface area contributed by atoms with Crippen molar-refractivity contribution in [3.8, 4) is 27.9 Å². The fourth-order valence-corrected chi connectivity index (χ4v) is 9.19. The Bertz CT molecular complexity index is 2650. The lowest BCUT2D eigenvalue weighted by molar-refractivity contribution is 0.437. The van der Waals surface area contributed by atoms with E-state index < -0.39 is 0 Å². The molecule has 3 aliphatic heterocycles. The van der Waals surface area contributed by atoms with E-state index in [4.69, 9.17) is 9.98 Å². The van der Waals surface area contributed by atoms with Crippen molar-refractivity contribution in [2.45, 2.75) is 37.5 Å². The molecule has 1 aromatic heterocycles. The number of aliphatic imine (C=N–C) groups is 2. The van der Waals surface area contributed by atoms with Gasteiger partial charge in [-0.15, -0.1) is 6.58 Å². The van der Waals surface area contributed by atoms with Crippen molar-refractivity contribution in [3.05, 3.63) is 174 Å². The van der Waals surface area contributed by atoms with Crippen LogP contribution in [0.15, 0.2) is 162 Å². The summed E-state index contributed by atoms with van der Waals surface area (Å²) >= 11 is 0. The maximum atomic E-state index is 5.24. The Kier molecular flexibility index (Phi) is 7.26. The topological polar surface area (TPSA) is 36.1 Å². The van der Waals surface area contributed by atoms with E-state index in [9.17, 15) is 0 Å². The average Bonchev–Trinajstić information content (AvgIpc) is 3.83. The van der Waals surface area contributed by atoms with Gasteiger partial charge in [-0.25, -0.2) is 0 Å². The van der Waals surface area contributed by atoms with Crippen LogP contribution in [0.1, 0.15) is 29.2 Å². The zero-order chi connectivity index (χ0) is 35.8. The number of allylic oxidation sites excluding steroid dienone is 3. The third-order valence-corrected chi connectivity index (χ3v) is 11.7. The van der Waals surface area contributed by atoms with Crippen molar-refractivity contribution in [1.82, 2.24) is 14.4 Å². The standard InChI is InChI=1S/C48H41N5/c1-5-14-40-42(6-2)51(3)47(49-40)31-23-25-34-33(28-31)27-30-15-13-18-38-36-16-7-10-20-43(36)53(46(30)38)44-21-11-8-17-37(44)39-29-32(24-26-35(34)39)48-50-41-19-9-12-22-45(41)52(48)4/h5-26,28-29,40-42,45H,2,27H2,1,3-4H3/b14-5-. The molecule has 0 saturated carbocycles. The molecular formula is C48H41N5. The summed E-state index contributed by atoms with van der Waals surface area (Å²) in [6.45, 7) is 6.22. The number of benzene rings is 5. The number of nitrogens with zero attached hydrogens (tertiary/aromatic N) is 5. The van der Waals surface area contributed by atoms with E-state index in [0.29, 0.717) is 0 Å². The minimum atomic E-state index is 0.0396. The van der Waals surface area contributed by atoms with E-state index in [0.717, 1.165) is 29.2 Å². The summed E-state index contributed by atoms with van der Waals surface area (Å²) in [6.07, 6.45) is 15.8. The van der Waals surface area contributed by atoms with Gasteiger partial charge in [-0.2, -0.15) is 0 Å². The lowest BCUT2D eigenvalue weighted by atomic mass is 9.86. The minimum absolute atomic E-state index is 0.0396. The zero-order valence-corrected chi connectivity index (χ0v) is 30.3.